The molecule has 0 amide bonds. The van der Waals surface area contributed by atoms with Crippen LogP contribution in [0.5, 0.6) is 0 Å². The molecule has 0 spiro atoms. The first-order valence-electron chi connectivity index (χ1n) is 8.93. The molecule has 2 aromatic rings. The first-order valence-corrected chi connectivity index (χ1v) is 8.93. The third kappa shape index (κ3) is 2.09. The minimum atomic E-state index is 1.10. The standard InChI is InChI=1S/C22H30N/c1-9-19-18(8)20-16(6)14(4)15(5)17(7)22(20)23-11-10-12(2)13(3)21(19)23/h9-11H2,1-8H3/q+1. The van der Waals surface area contributed by atoms with Crippen LogP contribution in [0.1, 0.15) is 66.3 Å². The fourth-order valence-electron chi connectivity index (χ4n) is 4.45. The summed E-state index contributed by atoms with van der Waals surface area (Å²) >= 11 is 0. The van der Waals surface area contributed by atoms with Crippen LogP contribution in [-0.4, -0.2) is 0 Å². The van der Waals surface area contributed by atoms with Crippen molar-refractivity contribution in [2.75, 3.05) is 0 Å². The summed E-state index contributed by atoms with van der Waals surface area (Å²) in [5, 5.41) is 1.50. The van der Waals surface area contributed by atoms with E-state index in [-0.39, 0.29) is 0 Å². The maximum Gasteiger partial charge on any atom is 0.216 e. The summed E-state index contributed by atoms with van der Waals surface area (Å²) in [6.07, 6.45) is 2.28. The predicted molar refractivity (Wildman–Crippen MR) is 100 cm³/mol. The van der Waals surface area contributed by atoms with Crippen LogP contribution >= 0.6 is 0 Å². The van der Waals surface area contributed by atoms with Gasteiger partial charge in [-0.15, -0.1) is 0 Å². The Hall–Kier alpha value is -1.63. The number of fused-ring (bicyclic) bond motifs is 3. The highest BCUT2D eigenvalue weighted by Gasteiger charge is 2.31. The van der Waals surface area contributed by atoms with Crippen LogP contribution < -0.4 is 4.57 Å². The molecule has 1 heteroatoms. The largest absolute Gasteiger partial charge is 0.216 e. The third-order valence-electron chi connectivity index (χ3n) is 6.37. The van der Waals surface area contributed by atoms with Crippen LogP contribution in [0.2, 0.25) is 0 Å². The number of aromatic nitrogens is 1. The highest BCUT2D eigenvalue weighted by molar-refractivity contribution is 5.90. The van der Waals surface area contributed by atoms with Gasteiger partial charge in [-0.1, -0.05) is 12.5 Å². The molecule has 1 aliphatic heterocycles. The topological polar surface area (TPSA) is 3.88 Å². The van der Waals surface area contributed by atoms with Crippen molar-refractivity contribution >= 4 is 16.5 Å². The Morgan fingerprint density at radius 2 is 1.39 bits per heavy atom. The molecule has 23 heavy (non-hydrogen) atoms. The molecular weight excluding hydrogens is 278 g/mol. The van der Waals surface area contributed by atoms with Crippen molar-refractivity contribution in [2.45, 2.75) is 74.8 Å². The molecule has 0 saturated carbocycles. The van der Waals surface area contributed by atoms with Crippen molar-refractivity contribution in [3.05, 3.63) is 44.6 Å². The van der Waals surface area contributed by atoms with Gasteiger partial charge in [0.05, 0.1) is 5.39 Å². The zero-order valence-electron chi connectivity index (χ0n) is 16.1. The summed E-state index contributed by atoms with van der Waals surface area (Å²) in [4.78, 5) is 0. The van der Waals surface area contributed by atoms with Gasteiger partial charge < -0.3 is 0 Å². The van der Waals surface area contributed by atoms with Crippen LogP contribution in [0.4, 0.5) is 0 Å². The number of nitrogens with zero attached hydrogens (tertiary/aromatic N) is 1. The van der Waals surface area contributed by atoms with Gasteiger partial charge in [-0.05, 0) is 77.1 Å². The normalized spacial score (nSPS) is 14.6. The lowest BCUT2D eigenvalue weighted by Gasteiger charge is -2.23. The minimum absolute atomic E-state index is 1.10. The average Bonchev–Trinajstić information content (AvgIpc) is 2.53. The van der Waals surface area contributed by atoms with Crippen molar-refractivity contribution in [3.8, 4) is 0 Å². The van der Waals surface area contributed by atoms with Gasteiger partial charge in [-0.2, -0.15) is 4.57 Å². The molecular formula is C22H30N+. The Morgan fingerprint density at radius 3 is 2.00 bits per heavy atom. The van der Waals surface area contributed by atoms with Crippen molar-refractivity contribution in [1.82, 2.24) is 0 Å². The lowest BCUT2D eigenvalue weighted by atomic mass is 9.86. The summed E-state index contributed by atoms with van der Waals surface area (Å²) in [7, 11) is 0. The first-order chi connectivity index (χ1) is 10.8. The fraction of sp³-hybridized carbons (Fsp3) is 0.500. The van der Waals surface area contributed by atoms with E-state index in [1.807, 2.05) is 0 Å². The number of hydrogen-bond acceptors (Lipinski definition) is 0. The molecule has 1 nitrogen and oxygen atoms in total. The van der Waals surface area contributed by atoms with Gasteiger partial charge in [-0.3, -0.25) is 0 Å². The van der Waals surface area contributed by atoms with E-state index >= 15 is 0 Å². The number of pyridine rings is 1. The monoisotopic (exact) mass is 308 g/mol. The number of allylic oxidation sites excluding steroid dienone is 2. The predicted octanol–water partition coefficient (Wildman–Crippen LogP) is 5.43. The SMILES string of the molecule is CCc1c(C)c2c(C)c(C)c(C)c(C)c2[n+]2c1C(C)=C(C)CC2. The molecule has 1 aliphatic rings. The molecule has 0 fully saturated rings. The summed E-state index contributed by atoms with van der Waals surface area (Å²) < 4.78 is 2.62. The van der Waals surface area contributed by atoms with E-state index in [1.54, 1.807) is 11.1 Å². The Bertz CT molecular complexity index is 866. The molecule has 2 heterocycles. The Labute approximate surface area is 141 Å². The lowest BCUT2D eigenvalue weighted by Crippen LogP contribution is -2.43. The minimum Gasteiger partial charge on any atom is -0.191 e. The van der Waals surface area contributed by atoms with Crippen LogP contribution in [0, 0.1) is 34.6 Å². The molecule has 3 rings (SSSR count). The second-order valence-corrected chi connectivity index (χ2v) is 7.34. The van der Waals surface area contributed by atoms with E-state index in [9.17, 15) is 0 Å². The maximum atomic E-state index is 2.62. The second-order valence-electron chi connectivity index (χ2n) is 7.34. The van der Waals surface area contributed by atoms with Crippen molar-refractivity contribution < 1.29 is 4.57 Å². The molecule has 0 radical (unpaired) electrons. The van der Waals surface area contributed by atoms with E-state index in [2.05, 4.69) is 60.0 Å². The molecule has 0 N–H and O–H groups in total. The highest BCUT2D eigenvalue weighted by Crippen LogP contribution is 2.36. The highest BCUT2D eigenvalue weighted by atomic mass is 15.0. The molecule has 0 aliphatic carbocycles. The smallest absolute Gasteiger partial charge is 0.191 e. The van der Waals surface area contributed by atoms with Crippen LogP contribution in [0.3, 0.4) is 0 Å². The first kappa shape index (κ1) is 16.2. The Morgan fingerprint density at radius 1 is 0.783 bits per heavy atom. The van der Waals surface area contributed by atoms with Gasteiger partial charge in [0, 0.05) is 23.1 Å². The van der Waals surface area contributed by atoms with Gasteiger partial charge in [0.15, 0.2) is 6.54 Å². The molecule has 1 aromatic carbocycles. The van der Waals surface area contributed by atoms with E-state index in [0.717, 1.165) is 13.0 Å². The quantitative estimate of drug-likeness (QED) is 0.619. The molecule has 0 saturated heterocycles. The Kier molecular flexibility index (Phi) is 3.86. The number of hydrogen-bond donors (Lipinski definition) is 0. The zero-order valence-corrected chi connectivity index (χ0v) is 16.1. The van der Waals surface area contributed by atoms with Crippen LogP contribution in [-0.2, 0) is 13.0 Å². The molecule has 0 unspecified atom stereocenters. The second kappa shape index (κ2) is 5.47. The number of rotatable bonds is 1. The summed E-state index contributed by atoms with van der Waals surface area (Å²) in [5.41, 5.74) is 14.9. The van der Waals surface area contributed by atoms with Gasteiger partial charge in [0.1, 0.15) is 0 Å². The van der Waals surface area contributed by atoms with E-state index < -0.39 is 0 Å². The van der Waals surface area contributed by atoms with Crippen molar-refractivity contribution in [2.24, 2.45) is 0 Å². The van der Waals surface area contributed by atoms with Crippen molar-refractivity contribution in [1.29, 1.82) is 0 Å². The molecule has 1 aromatic heterocycles. The average molecular weight is 308 g/mol. The van der Waals surface area contributed by atoms with Gasteiger partial charge in [-0.25, -0.2) is 0 Å². The van der Waals surface area contributed by atoms with Crippen LogP contribution in [0.15, 0.2) is 5.57 Å². The summed E-state index contributed by atoms with van der Waals surface area (Å²) in [6.45, 7) is 19.5. The fourth-order valence-corrected chi connectivity index (χ4v) is 4.45. The summed E-state index contributed by atoms with van der Waals surface area (Å²) in [5.74, 6) is 0. The summed E-state index contributed by atoms with van der Waals surface area (Å²) in [6, 6.07) is 0. The lowest BCUT2D eigenvalue weighted by molar-refractivity contribution is -0.675. The number of benzene rings is 1. The van der Waals surface area contributed by atoms with Gasteiger partial charge in [0.25, 0.3) is 0 Å². The Balaban J connectivity index is 2.64. The van der Waals surface area contributed by atoms with E-state index in [4.69, 9.17) is 0 Å². The van der Waals surface area contributed by atoms with Crippen molar-refractivity contribution in [3.63, 3.8) is 0 Å². The third-order valence-corrected chi connectivity index (χ3v) is 6.37. The van der Waals surface area contributed by atoms with E-state index in [1.165, 1.54) is 56.4 Å². The maximum absolute atomic E-state index is 2.62. The molecule has 0 atom stereocenters. The molecule has 0 bridgehead atoms. The van der Waals surface area contributed by atoms with Gasteiger partial charge in [0.2, 0.25) is 11.2 Å². The number of aryl methyl sites for hydroxylation is 4. The van der Waals surface area contributed by atoms with Crippen LogP contribution in [0.25, 0.3) is 16.5 Å². The molecule has 122 valence electrons. The zero-order chi connectivity index (χ0) is 17.0. The van der Waals surface area contributed by atoms with Gasteiger partial charge >= 0.3 is 0 Å². The van der Waals surface area contributed by atoms with E-state index in [0.29, 0.717) is 0 Å².